The van der Waals surface area contributed by atoms with Gasteiger partial charge in [0.15, 0.2) is 0 Å². The molecular formula is C15H19N3O4S. The first-order valence-electron chi connectivity index (χ1n) is 7.45. The second kappa shape index (κ2) is 7.20. The number of aryl methyl sites for hydroxylation is 2. The monoisotopic (exact) mass is 337 g/mol. The molecule has 124 valence electrons. The van der Waals surface area contributed by atoms with Gasteiger partial charge in [-0.05, 0) is 20.3 Å². The van der Waals surface area contributed by atoms with Crippen molar-refractivity contribution in [3.05, 3.63) is 33.6 Å². The summed E-state index contributed by atoms with van der Waals surface area (Å²) in [5.74, 6) is 0.302. The third-order valence-electron chi connectivity index (χ3n) is 3.80. The third-order valence-corrected chi connectivity index (χ3v) is 4.43. The van der Waals surface area contributed by atoms with Crippen molar-refractivity contribution >= 4 is 17.2 Å². The van der Waals surface area contributed by atoms with Gasteiger partial charge in [-0.1, -0.05) is 5.16 Å². The molecule has 23 heavy (non-hydrogen) atoms. The molecule has 0 radical (unpaired) electrons. The van der Waals surface area contributed by atoms with Gasteiger partial charge in [-0.2, -0.15) is 0 Å². The zero-order chi connectivity index (χ0) is 16.2. The third kappa shape index (κ3) is 3.77. The van der Waals surface area contributed by atoms with Gasteiger partial charge < -0.3 is 19.3 Å². The molecule has 0 bridgehead atoms. The Kier molecular flexibility index (Phi) is 5.04. The summed E-state index contributed by atoms with van der Waals surface area (Å²) in [6.07, 6.45) is 0.631. The molecule has 0 aliphatic carbocycles. The van der Waals surface area contributed by atoms with Crippen LogP contribution in [0.1, 0.15) is 33.9 Å². The predicted octanol–water partition coefficient (Wildman–Crippen LogP) is 1.85. The van der Waals surface area contributed by atoms with E-state index in [1.807, 2.05) is 5.38 Å². The van der Waals surface area contributed by atoms with E-state index in [9.17, 15) is 4.79 Å². The van der Waals surface area contributed by atoms with E-state index in [-0.39, 0.29) is 18.1 Å². The van der Waals surface area contributed by atoms with Crippen LogP contribution in [0, 0.1) is 13.8 Å². The first-order chi connectivity index (χ1) is 11.1. The molecule has 0 aromatic carbocycles. The maximum Gasteiger partial charge on any atom is 0.257 e. The minimum Gasteiger partial charge on any atom is -0.379 e. The number of carbonyl (C=O) groups is 1. The molecule has 1 saturated heterocycles. The van der Waals surface area contributed by atoms with Crippen LogP contribution in [0.4, 0.5) is 0 Å². The zero-order valence-corrected chi connectivity index (χ0v) is 13.9. The molecule has 7 nitrogen and oxygen atoms in total. The lowest BCUT2D eigenvalue weighted by atomic mass is 10.1. The van der Waals surface area contributed by atoms with E-state index in [2.05, 4.69) is 15.5 Å². The van der Waals surface area contributed by atoms with Gasteiger partial charge in [0.05, 0.1) is 42.3 Å². The molecule has 1 aliphatic rings. The lowest BCUT2D eigenvalue weighted by Crippen LogP contribution is -2.50. The van der Waals surface area contributed by atoms with Gasteiger partial charge >= 0.3 is 0 Å². The Bertz CT molecular complexity index is 636. The van der Waals surface area contributed by atoms with Crippen LogP contribution >= 0.6 is 11.3 Å². The molecule has 2 aromatic rings. The Morgan fingerprint density at radius 1 is 1.52 bits per heavy atom. The Labute approximate surface area is 138 Å². The number of carbonyl (C=O) groups excluding carboxylic acids is 1. The molecule has 1 aliphatic heterocycles. The van der Waals surface area contributed by atoms with Gasteiger partial charge in [-0.15, -0.1) is 11.3 Å². The van der Waals surface area contributed by atoms with Crippen molar-refractivity contribution in [1.82, 2.24) is 15.5 Å². The SMILES string of the molecule is Cc1noc(C)c1C(=O)N[C@@H]1COCC[C@@H]1OCc1cscn1. The molecule has 8 heteroatoms. The fourth-order valence-corrected chi connectivity index (χ4v) is 3.14. The largest absolute Gasteiger partial charge is 0.379 e. The highest BCUT2D eigenvalue weighted by Gasteiger charge is 2.30. The molecule has 2 aromatic heterocycles. The number of hydrogen-bond donors (Lipinski definition) is 1. The Balaban J connectivity index is 1.63. The van der Waals surface area contributed by atoms with Crippen LogP contribution in [0.3, 0.4) is 0 Å². The lowest BCUT2D eigenvalue weighted by molar-refractivity contribution is -0.0612. The standard InChI is InChI=1S/C15H19N3O4S/c1-9-14(10(2)22-18-9)15(19)17-12-6-20-4-3-13(12)21-5-11-7-23-8-16-11/h7-8,12-13H,3-6H2,1-2H3,(H,17,19)/t12-,13+/m1/s1. The van der Waals surface area contributed by atoms with Crippen molar-refractivity contribution in [2.45, 2.75) is 39.0 Å². The van der Waals surface area contributed by atoms with Gasteiger partial charge in [-0.25, -0.2) is 4.98 Å². The molecule has 0 unspecified atom stereocenters. The zero-order valence-electron chi connectivity index (χ0n) is 13.1. The van der Waals surface area contributed by atoms with Crippen LogP contribution < -0.4 is 5.32 Å². The molecule has 2 atom stereocenters. The van der Waals surface area contributed by atoms with Crippen molar-refractivity contribution < 1.29 is 18.8 Å². The van der Waals surface area contributed by atoms with Gasteiger partial charge in [0.1, 0.15) is 11.3 Å². The Hall–Kier alpha value is -1.77. The summed E-state index contributed by atoms with van der Waals surface area (Å²) in [5.41, 5.74) is 3.74. The number of nitrogens with one attached hydrogen (secondary N) is 1. The van der Waals surface area contributed by atoms with Crippen LogP contribution in [0.5, 0.6) is 0 Å². The van der Waals surface area contributed by atoms with Gasteiger partial charge in [0, 0.05) is 12.0 Å². The summed E-state index contributed by atoms with van der Waals surface area (Å²) in [6.45, 7) is 4.96. The quantitative estimate of drug-likeness (QED) is 0.896. The lowest BCUT2D eigenvalue weighted by Gasteiger charge is -2.31. The van der Waals surface area contributed by atoms with Crippen molar-refractivity contribution in [2.24, 2.45) is 0 Å². The number of amides is 1. The van der Waals surface area contributed by atoms with Crippen LogP contribution in [0.25, 0.3) is 0 Å². The van der Waals surface area contributed by atoms with Gasteiger partial charge in [0.2, 0.25) is 0 Å². The van der Waals surface area contributed by atoms with E-state index in [0.29, 0.717) is 36.8 Å². The Morgan fingerprint density at radius 3 is 3.09 bits per heavy atom. The molecule has 1 amide bonds. The van der Waals surface area contributed by atoms with E-state index >= 15 is 0 Å². The molecule has 0 spiro atoms. The van der Waals surface area contributed by atoms with E-state index in [4.69, 9.17) is 14.0 Å². The highest BCUT2D eigenvalue weighted by molar-refractivity contribution is 7.07. The molecule has 1 N–H and O–H groups in total. The maximum atomic E-state index is 12.5. The van der Waals surface area contributed by atoms with Crippen LogP contribution in [0.15, 0.2) is 15.4 Å². The molecule has 3 heterocycles. The van der Waals surface area contributed by atoms with Crippen LogP contribution in [-0.4, -0.2) is 41.4 Å². The first-order valence-corrected chi connectivity index (χ1v) is 8.39. The average molecular weight is 337 g/mol. The van der Waals surface area contributed by atoms with Crippen molar-refractivity contribution in [1.29, 1.82) is 0 Å². The average Bonchev–Trinajstić information content (AvgIpc) is 3.16. The minimum absolute atomic E-state index is 0.102. The van der Waals surface area contributed by atoms with E-state index < -0.39 is 0 Å². The fraction of sp³-hybridized carbons (Fsp3) is 0.533. The number of hydrogen-bond acceptors (Lipinski definition) is 7. The second-order valence-corrected chi connectivity index (χ2v) is 6.19. The highest BCUT2D eigenvalue weighted by Crippen LogP contribution is 2.17. The van der Waals surface area contributed by atoms with Gasteiger partial charge in [-0.3, -0.25) is 4.79 Å². The minimum atomic E-state index is -0.209. The summed E-state index contributed by atoms with van der Waals surface area (Å²) in [4.78, 5) is 16.7. The van der Waals surface area contributed by atoms with E-state index in [1.54, 1.807) is 19.4 Å². The van der Waals surface area contributed by atoms with Crippen molar-refractivity contribution in [2.75, 3.05) is 13.2 Å². The number of thiazole rings is 1. The highest BCUT2D eigenvalue weighted by atomic mass is 32.1. The molecule has 3 rings (SSSR count). The van der Waals surface area contributed by atoms with E-state index in [1.165, 1.54) is 11.3 Å². The summed E-state index contributed by atoms with van der Waals surface area (Å²) in [6, 6.07) is -0.205. The number of rotatable bonds is 5. The van der Waals surface area contributed by atoms with Crippen molar-refractivity contribution in [3.63, 3.8) is 0 Å². The molecule has 0 saturated carbocycles. The fourth-order valence-electron chi connectivity index (χ4n) is 2.60. The Morgan fingerprint density at radius 2 is 2.39 bits per heavy atom. The maximum absolute atomic E-state index is 12.5. The summed E-state index contributed by atoms with van der Waals surface area (Å²) >= 11 is 1.54. The number of nitrogens with zero attached hydrogens (tertiary/aromatic N) is 2. The van der Waals surface area contributed by atoms with Crippen LogP contribution in [0.2, 0.25) is 0 Å². The van der Waals surface area contributed by atoms with Gasteiger partial charge in [0.25, 0.3) is 5.91 Å². The topological polar surface area (TPSA) is 86.5 Å². The predicted molar refractivity (Wildman–Crippen MR) is 83.4 cm³/mol. The summed E-state index contributed by atoms with van der Waals surface area (Å²) in [5, 5.41) is 8.75. The summed E-state index contributed by atoms with van der Waals surface area (Å²) in [7, 11) is 0. The normalized spacial score (nSPS) is 21.3. The summed E-state index contributed by atoms with van der Waals surface area (Å²) < 4.78 is 16.5. The molecular weight excluding hydrogens is 318 g/mol. The van der Waals surface area contributed by atoms with Crippen molar-refractivity contribution in [3.8, 4) is 0 Å². The van der Waals surface area contributed by atoms with Crippen LogP contribution in [-0.2, 0) is 16.1 Å². The number of ether oxygens (including phenoxy) is 2. The van der Waals surface area contributed by atoms with E-state index in [0.717, 1.165) is 12.1 Å². The second-order valence-electron chi connectivity index (χ2n) is 5.47. The first kappa shape index (κ1) is 16.1. The molecule has 1 fully saturated rings. The number of aromatic nitrogens is 2. The smallest absolute Gasteiger partial charge is 0.257 e.